The van der Waals surface area contributed by atoms with E-state index in [1.54, 1.807) is 6.20 Å². The third kappa shape index (κ3) is 2.39. The van der Waals surface area contributed by atoms with Crippen LogP contribution in [0, 0.1) is 0 Å². The molecule has 0 atom stereocenters. The van der Waals surface area contributed by atoms with Crippen LogP contribution in [0.5, 0.6) is 0 Å². The summed E-state index contributed by atoms with van der Waals surface area (Å²) in [7, 11) is 0. The lowest BCUT2D eigenvalue weighted by Crippen LogP contribution is -2.09. The summed E-state index contributed by atoms with van der Waals surface area (Å²) in [6.07, 6.45) is 5.35. The van der Waals surface area contributed by atoms with Crippen LogP contribution >= 0.6 is 0 Å². The Labute approximate surface area is 98.0 Å². The van der Waals surface area contributed by atoms with Crippen LogP contribution in [0.3, 0.4) is 0 Å². The van der Waals surface area contributed by atoms with Crippen molar-refractivity contribution in [2.24, 2.45) is 0 Å². The third-order valence-corrected chi connectivity index (χ3v) is 2.07. The Balaban J connectivity index is 2.36. The molecule has 5 N–H and O–H groups in total. The summed E-state index contributed by atoms with van der Waals surface area (Å²) in [5, 5.41) is 3.06. The van der Waals surface area contributed by atoms with E-state index in [2.05, 4.69) is 25.3 Å². The number of aromatic nitrogens is 4. The molecule has 0 aromatic carbocycles. The van der Waals surface area contributed by atoms with E-state index in [0.29, 0.717) is 17.7 Å². The van der Waals surface area contributed by atoms with Gasteiger partial charge in [-0.15, -0.1) is 0 Å². The number of nitrogens with one attached hydrogen (secondary N) is 1. The Hall–Kier alpha value is -2.44. The van der Waals surface area contributed by atoms with Gasteiger partial charge in [-0.25, -0.2) is 9.97 Å². The fourth-order valence-electron chi connectivity index (χ4n) is 1.35. The molecule has 0 spiro atoms. The first-order chi connectivity index (χ1) is 8.20. The Morgan fingerprint density at radius 2 is 2.12 bits per heavy atom. The van der Waals surface area contributed by atoms with Crippen LogP contribution < -0.4 is 16.8 Å². The maximum Gasteiger partial charge on any atom is 0.224 e. The maximum absolute atomic E-state index is 5.71. The predicted octanol–water partition coefficient (Wildman–Crippen LogP) is 0.207. The molecule has 0 saturated carbocycles. The molecule has 0 aliphatic rings. The van der Waals surface area contributed by atoms with E-state index < -0.39 is 0 Å². The molecule has 88 valence electrons. The van der Waals surface area contributed by atoms with Crippen LogP contribution in [0.25, 0.3) is 11.2 Å². The second kappa shape index (κ2) is 4.60. The van der Waals surface area contributed by atoms with Crippen molar-refractivity contribution in [1.29, 1.82) is 0 Å². The minimum Gasteiger partial charge on any atom is -0.385 e. The second-order valence-corrected chi connectivity index (χ2v) is 3.38. The number of nitrogens with zero attached hydrogens (tertiary/aromatic N) is 4. The number of anilines is 2. The van der Waals surface area contributed by atoms with Gasteiger partial charge >= 0.3 is 0 Å². The van der Waals surface area contributed by atoms with Gasteiger partial charge < -0.3 is 16.8 Å². The first-order valence-corrected chi connectivity index (χ1v) is 5.10. The number of nitrogen functional groups attached to an aromatic ring is 2. The highest BCUT2D eigenvalue weighted by Crippen LogP contribution is 2.14. The van der Waals surface area contributed by atoms with Gasteiger partial charge in [-0.2, -0.15) is 9.97 Å². The lowest BCUT2D eigenvalue weighted by Gasteiger charge is -2.04. The van der Waals surface area contributed by atoms with Crippen LogP contribution in [0.1, 0.15) is 12.6 Å². The highest BCUT2D eigenvalue weighted by Gasteiger charge is 2.06. The van der Waals surface area contributed by atoms with E-state index in [9.17, 15) is 0 Å². The van der Waals surface area contributed by atoms with E-state index in [-0.39, 0.29) is 11.8 Å². The molecule has 2 aromatic heterocycles. The minimum absolute atomic E-state index is 0.101. The summed E-state index contributed by atoms with van der Waals surface area (Å²) in [5.74, 6) is 0.344. The Bertz CT molecular complexity index is 564. The molecule has 2 heterocycles. The number of nitrogens with two attached hydrogens (primary N) is 2. The van der Waals surface area contributed by atoms with Crippen molar-refractivity contribution in [1.82, 2.24) is 25.3 Å². The average molecular weight is 231 g/mol. The molecule has 2 aromatic rings. The molecular formula is C10H13N7. The zero-order valence-corrected chi connectivity index (χ0v) is 9.38. The quantitative estimate of drug-likeness (QED) is 0.691. The summed E-state index contributed by atoms with van der Waals surface area (Å²) in [6.45, 7) is 2.49. The number of allylic oxidation sites excluding steroid dienone is 1. The zero-order chi connectivity index (χ0) is 12.3. The molecule has 7 heteroatoms. The SMILES string of the molecule is C/C=C/NCc1cnc2nc(N)nc(N)c2n1. The van der Waals surface area contributed by atoms with Gasteiger partial charge in [-0.3, -0.25) is 0 Å². The Kier molecular flexibility index (Phi) is 2.99. The smallest absolute Gasteiger partial charge is 0.224 e. The van der Waals surface area contributed by atoms with E-state index in [4.69, 9.17) is 11.5 Å². The van der Waals surface area contributed by atoms with Crippen molar-refractivity contribution >= 4 is 22.9 Å². The topological polar surface area (TPSA) is 116 Å². The number of rotatable bonds is 3. The Morgan fingerprint density at radius 3 is 2.88 bits per heavy atom. The third-order valence-electron chi connectivity index (χ3n) is 2.07. The molecule has 0 saturated heterocycles. The van der Waals surface area contributed by atoms with E-state index in [0.717, 1.165) is 5.69 Å². The number of hydrogen-bond donors (Lipinski definition) is 3. The van der Waals surface area contributed by atoms with Gasteiger partial charge in [0, 0.05) is 0 Å². The van der Waals surface area contributed by atoms with E-state index in [1.807, 2.05) is 19.2 Å². The molecular weight excluding hydrogens is 218 g/mol. The summed E-state index contributed by atoms with van der Waals surface area (Å²) >= 11 is 0. The first-order valence-electron chi connectivity index (χ1n) is 5.10. The summed E-state index contributed by atoms with van der Waals surface area (Å²) in [5.41, 5.74) is 12.8. The van der Waals surface area contributed by atoms with E-state index in [1.165, 1.54) is 0 Å². The van der Waals surface area contributed by atoms with Crippen molar-refractivity contribution in [3.63, 3.8) is 0 Å². The van der Waals surface area contributed by atoms with Crippen LogP contribution in [0.4, 0.5) is 11.8 Å². The second-order valence-electron chi connectivity index (χ2n) is 3.38. The van der Waals surface area contributed by atoms with Gasteiger partial charge in [0.1, 0.15) is 0 Å². The van der Waals surface area contributed by atoms with Gasteiger partial charge in [0.05, 0.1) is 18.4 Å². The first kappa shape index (κ1) is 11.1. The van der Waals surface area contributed by atoms with Gasteiger partial charge in [-0.1, -0.05) is 6.08 Å². The van der Waals surface area contributed by atoms with Crippen molar-refractivity contribution in [3.05, 3.63) is 24.2 Å². The van der Waals surface area contributed by atoms with Crippen molar-refractivity contribution in [2.75, 3.05) is 11.5 Å². The van der Waals surface area contributed by atoms with Crippen LogP contribution in [0.15, 0.2) is 18.5 Å². The largest absolute Gasteiger partial charge is 0.385 e. The summed E-state index contributed by atoms with van der Waals surface area (Å²) in [6, 6.07) is 0. The number of fused-ring (bicyclic) bond motifs is 1. The summed E-state index contributed by atoms with van der Waals surface area (Å²) in [4.78, 5) is 16.3. The maximum atomic E-state index is 5.71. The molecule has 17 heavy (non-hydrogen) atoms. The molecule has 0 fully saturated rings. The molecule has 0 aliphatic carbocycles. The van der Waals surface area contributed by atoms with Gasteiger partial charge in [0.15, 0.2) is 17.0 Å². The van der Waals surface area contributed by atoms with Crippen LogP contribution in [-0.2, 0) is 6.54 Å². The molecule has 0 unspecified atom stereocenters. The highest BCUT2D eigenvalue weighted by molar-refractivity contribution is 5.81. The standard InChI is InChI=1S/C10H13N7/c1-2-3-13-4-6-5-14-9-7(15-6)8(11)16-10(12)17-9/h2-3,5,13H,4H2,1H3,(H4,11,12,14,16,17)/b3-2+. The lowest BCUT2D eigenvalue weighted by molar-refractivity contribution is 0.832. The molecule has 2 rings (SSSR count). The highest BCUT2D eigenvalue weighted by atomic mass is 15.1. The van der Waals surface area contributed by atoms with Crippen molar-refractivity contribution < 1.29 is 0 Å². The fourth-order valence-corrected chi connectivity index (χ4v) is 1.35. The fraction of sp³-hybridized carbons (Fsp3) is 0.200. The van der Waals surface area contributed by atoms with E-state index >= 15 is 0 Å². The number of hydrogen-bond acceptors (Lipinski definition) is 7. The van der Waals surface area contributed by atoms with Crippen molar-refractivity contribution in [3.8, 4) is 0 Å². The molecule has 0 bridgehead atoms. The van der Waals surface area contributed by atoms with Crippen molar-refractivity contribution in [2.45, 2.75) is 13.5 Å². The normalized spacial score (nSPS) is 11.1. The molecule has 0 radical (unpaired) electrons. The zero-order valence-electron chi connectivity index (χ0n) is 9.38. The molecule has 0 aliphatic heterocycles. The monoisotopic (exact) mass is 231 g/mol. The van der Waals surface area contributed by atoms with Crippen LogP contribution in [-0.4, -0.2) is 19.9 Å². The molecule has 0 amide bonds. The lowest BCUT2D eigenvalue weighted by atomic mass is 10.4. The van der Waals surface area contributed by atoms with Crippen LogP contribution in [0.2, 0.25) is 0 Å². The minimum atomic E-state index is 0.101. The summed E-state index contributed by atoms with van der Waals surface area (Å²) < 4.78 is 0. The van der Waals surface area contributed by atoms with Gasteiger partial charge in [-0.05, 0) is 13.1 Å². The average Bonchev–Trinajstić information content (AvgIpc) is 2.30. The Morgan fingerprint density at radius 1 is 1.29 bits per heavy atom. The van der Waals surface area contributed by atoms with Gasteiger partial charge in [0.2, 0.25) is 5.95 Å². The molecule has 7 nitrogen and oxygen atoms in total. The predicted molar refractivity (Wildman–Crippen MR) is 65.6 cm³/mol. The van der Waals surface area contributed by atoms with Gasteiger partial charge in [0.25, 0.3) is 0 Å².